The Labute approximate surface area is 150 Å². The Hall–Kier alpha value is -0.750. The number of hydrogen-bond acceptors (Lipinski definition) is 8. The lowest BCUT2D eigenvalue weighted by molar-refractivity contribution is -0.261. The summed E-state index contributed by atoms with van der Waals surface area (Å²) >= 11 is 15.7. The summed E-state index contributed by atoms with van der Waals surface area (Å²) in [5.74, 6) is 0. The number of thiocarbonyl (C=S) groups is 2. The number of halogens is 1. The molecule has 0 N–H and O–H groups in total. The molecule has 0 bridgehead atoms. The van der Waals surface area contributed by atoms with Crippen LogP contribution in [0.15, 0.2) is 35.2 Å². The van der Waals surface area contributed by atoms with Crippen LogP contribution in [0.25, 0.3) is 0 Å². The zero-order valence-corrected chi connectivity index (χ0v) is 15.8. The fourth-order valence-corrected chi connectivity index (χ4v) is 3.39. The van der Waals surface area contributed by atoms with E-state index in [-0.39, 0.29) is 28.5 Å². The van der Waals surface area contributed by atoms with Gasteiger partial charge in [-0.25, -0.2) is 14.3 Å². The molecular formula is C13H15ClNO5PS2. The van der Waals surface area contributed by atoms with E-state index < -0.39 is 12.9 Å². The average Bonchev–Trinajstić information content (AvgIpc) is 2.55. The van der Waals surface area contributed by atoms with Crippen molar-refractivity contribution in [1.29, 1.82) is 5.26 Å². The monoisotopic (exact) mass is 395 g/mol. The molecule has 10 heteroatoms. The van der Waals surface area contributed by atoms with E-state index in [4.69, 9.17) is 45.4 Å². The first-order chi connectivity index (χ1) is 10.9. The minimum Gasteiger partial charge on any atom is -0.249 e. The van der Waals surface area contributed by atoms with Crippen molar-refractivity contribution < 1.29 is 23.7 Å². The fourth-order valence-electron chi connectivity index (χ4n) is 1.18. The Kier molecular flexibility index (Phi) is 11.4. The van der Waals surface area contributed by atoms with Crippen molar-refractivity contribution in [2.75, 3.05) is 13.2 Å². The molecule has 0 aliphatic heterocycles. The van der Waals surface area contributed by atoms with E-state index in [0.717, 1.165) is 5.54 Å². The molecule has 0 saturated carbocycles. The molecule has 0 unspecified atom stereocenters. The maximum absolute atomic E-state index is 12.8. The van der Waals surface area contributed by atoms with E-state index in [0.29, 0.717) is 0 Å². The highest BCUT2D eigenvalue weighted by atomic mass is 35.5. The van der Waals surface area contributed by atoms with E-state index in [1.54, 1.807) is 19.9 Å². The SMILES string of the molecule is C=CC(=S)C(C(=S)C=CCl)=C(C#N)P(=O)(OOCC)OOCC. The molecule has 23 heavy (non-hydrogen) atoms. The van der Waals surface area contributed by atoms with Gasteiger partial charge in [0.15, 0.2) is 5.31 Å². The van der Waals surface area contributed by atoms with Crippen LogP contribution in [0.2, 0.25) is 0 Å². The summed E-state index contributed by atoms with van der Waals surface area (Å²) in [5.41, 5.74) is 1.09. The largest absolute Gasteiger partial charge is 0.426 e. The molecule has 0 spiro atoms. The second-order valence-electron chi connectivity index (χ2n) is 3.52. The van der Waals surface area contributed by atoms with Gasteiger partial charge in [-0.2, -0.15) is 5.26 Å². The van der Waals surface area contributed by atoms with Crippen LogP contribution in [-0.4, -0.2) is 22.9 Å². The van der Waals surface area contributed by atoms with Crippen LogP contribution >= 0.6 is 43.6 Å². The Morgan fingerprint density at radius 1 is 1.26 bits per heavy atom. The highest BCUT2D eigenvalue weighted by Gasteiger charge is 2.38. The van der Waals surface area contributed by atoms with Crippen LogP contribution in [0.3, 0.4) is 0 Å². The minimum absolute atomic E-state index is 0.0351. The number of hydrogen-bond donors (Lipinski definition) is 0. The number of nitrogens with zero attached hydrogens (tertiary/aromatic N) is 1. The molecule has 6 nitrogen and oxygen atoms in total. The number of allylic oxidation sites excluding steroid dienone is 4. The molecule has 0 amide bonds. The van der Waals surface area contributed by atoms with Gasteiger partial charge < -0.3 is 0 Å². The average molecular weight is 396 g/mol. The van der Waals surface area contributed by atoms with Crippen molar-refractivity contribution >= 4 is 53.4 Å². The van der Waals surface area contributed by atoms with Gasteiger partial charge >= 0.3 is 7.60 Å². The zero-order valence-electron chi connectivity index (χ0n) is 12.5. The van der Waals surface area contributed by atoms with E-state index in [9.17, 15) is 9.83 Å². The Bertz CT molecular complexity index is 600. The van der Waals surface area contributed by atoms with Gasteiger partial charge in [0.1, 0.15) is 6.07 Å². The Balaban J connectivity index is 6.28. The van der Waals surface area contributed by atoms with E-state index in [1.807, 2.05) is 0 Å². The third kappa shape index (κ3) is 6.71. The highest BCUT2D eigenvalue weighted by Crippen LogP contribution is 2.57. The lowest BCUT2D eigenvalue weighted by Crippen LogP contribution is -2.11. The third-order valence-corrected chi connectivity index (χ3v) is 4.36. The quantitative estimate of drug-likeness (QED) is 0.126. The molecule has 0 aromatic heterocycles. The van der Waals surface area contributed by atoms with Gasteiger partial charge in [0, 0.05) is 20.8 Å². The van der Waals surface area contributed by atoms with Gasteiger partial charge in [0.25, 0.3) is 0 Å². The van der Waals surface area contributed by atoms with Gasteiger partial charge in [-0.05, 0) is 19.9 Å². The molecule has 0 saturated heterocycles. The Morgan fingerprint density at radius 2 is 1.78 bits per heavy atom. The summed E-state index contributed by atoms with van der Waals surface area (Å²) < 4.78 is 22.4. The zero-order chi connectivity index (χ0) is 17.9. The van der Waals surface area contributed by atoms with Crippen molar-refractivity contribution in [2.24, 2.45) is 0 Å². The van der Waals surface area contributed by atoms with E-state index >= 15 is 0 Å². The molecule has 0 fully saturated rings. The van der Waals surface area contributed by atoms with Gasteiger partial charge in [0.2, 0.25) is 0 Å². The van der Waals surface area contributed by atoms with Crippen molar-refractivity contribution in [3.05, 3.63) is 35.2 Å². The lowest BCUT2D eigenvalue weighted by Gasteiger charge is -2.17. The maximum Gasteiger partial charge on any atom is 0.426 e. The normalized spacial score (nSPS) is 12.6. The summed E-state index contributed by atoms with van der Waals surface area (Å²) in [6.07, 6.45) is 2.56. The first-order valence-corrected chi connectivity index (χ1v) is 9.06. The highest BCUT2D eigenvalue weighted by molar-refractivity contribution is 7.83. The minimum atomic E-state index is -4.29. The summed E-state index contributed by atoms with van der Waals surface area (Å²) in [4.78, 5) is 9.47. The summed E-state index contributed by atoms with van der Waals surface area (Å²) in [6.45, 7) is 6.82. The third-order valence-electron chi connectivity index (χ3n) is 2.05. The second kappa shape index (κ2) is 11.7. The second-order valence-corrected chi connectivity index (χ2v) is 6.39. The topological polar surface area (TPSA) is 77.8 Å². The predicted octanol–water partition coefficient (Wildman–Crippen LogP) is 4.57. The van der Waals surface area contributed by atoms with E-state index in [1.165, 1.54) is 12.2 Å². The Morgan fingerprint density at radius 3 is 2.13 bits per heavy atom. The van der Waals surface area contributed by atoms with Crippen LogP contribution in [0.4, 0.5) is 0 Å². The maximum atomic E-state index is 12.8. The first-order valence-electron chi connectivity index (χ1n) is 6.27. The number of rotatable bonds is 11. The van der Waals surface area contributed by atoms with E-state index in [2.05, 4.69) is 16.4 Å². The molecule has 0 aliphatic carbocycles. The van der Waals surface area contributed by atoms with Crippen molar-refractivity contribution in [3.8, 4) is 6.07 Å². The predicted molar refractivity (Wildman–Crippen MR) is 96.1 cm³/mol. The van der Waals surface area contributed by atoms with Crippen molar-refractivity contribution in [3.63, 3.8) is 0 Å². The molecule has 0 aliphatic rings. The number of nitriles is 1. The summed E-state index contributed by atoms with van der Waals surface area (Å²) in [7, 11) is -4.29. The standard InChI is InChI=1S/C13H15ClNO5PS2/c1-4-11(22)13(12(23)7-8-14)10(9-15)21(16,19-17-5-2)20-18-6-3/h4,7-8H,1,5-6H2,2-3H3. The first kappa shape index (κ1) is 22.2. The molecule has 0 aromatic rings. The van der Waals surface area contributed by atoms with Crippen molar-refractivity contribution in [1.82, 2.24) is 0 Å². The lowest BCUT2D eigenvalue weighted by atomic mass is 10.1. The smallest absolute Gasteiger partial charge is 0.249 e. The van der Waals surface area contributed by atoms with Crippen LogP contribution in [0.1, 0.15) is 13.8 Å². The van der Waals surface area contributed by atoms with Gasteiger partial charge in [-0.15, -0.1) is 9.35 Å². The molecular weight excluding hydrogens is 381 g/mol. The van der Waals surface area contributed by atoms with Crippen LogP contribution in [0, 0.1) is 11.3 Å². The molecule has 0 radical (unpaired) electrons. The van der Waals surface area contributed by atoms with Gasteiger partial charge in [0.05, 0.1) is 13.2 Å². The summed E-state index contributed by atoms with van der Waals surface area (Å²) in [5, 5.41) is 8.96. The molecule has 0 heterocycles. The van der Waals surface area contributed by atoms with Crippen LogP contribution in [0.5, 0.6) is 0 Å². The fraction of sp³-hybridized carbons (Fsp3) is 0.308. The van der Waals surface area contributed by atoms with Gasteiger partial charge in [-0.3, -0.25) is 0 Å². The van der Waals surface area contributed by atoms with Gasteiger partial charge in [-0.1, -0.05) is 48.7 Å². The molecule has 0 atom stereocenters. The molecule has 0 rings (SSSR count). The summed E-state index contributed by atoms with van der Waals surface area (Å²) in [6, 6.07) is 1.72. The molecule has 126 valence electrons. The van der Waals surface area contributed by atoms with Crippen LogP contribution < -0.4 is 0 Å². The van der Waals surface area contributed by atoms with Crippen LogP contribution in [-0.2, 0) is 23.7 Å². The molecule has 0 aromatic carbocycles. The van der Waals surface area contributed by atoms with Crippen molar-refractivity contribution in [2.45, 2.75) is 13.8 Å².